The van der Waals surface area contributed by atoms with Crippen molar-refractivity contribution in [3.05, 3.63) is 75.9 Å². The highest BCUT2D eigenvalue weighted by atomic mass is 35.5. The van der Waals surface area contributed by atoms with Crippen molar-refractivity contribution in [2.75, 3.05) is 38.6 Å². The van der Waals surface area contributed by atoms with Crippen molar-refractivity contribution >= 4 is 23.3 Å². The number of hydrogen-bond acceptors (Lipinski definition) is 6. The zero-order valence-corrected chi connectivity index (χ0v) is 20.5. The van der Waals surface area contributed by atoms with Crippen LogP contribution in [0.1, 0.15) is 34.5 Å². The molecule has 36 heavy (non-hydrogen) atoms. The van der Waals surface area contributed by atoms with E-state index in [1.54, 1.807) is 37.4 Å². The summed E-state index contributed by atoms with van der Waals surface area (Å²) in [6.07, 6.45) is 1.32. The van der Waals surface area contributed by atoms with Gasteiger partial charge in [0.25, 0.3) is 0 Å². The molecular formula is C26H27ClF2N4O3. The maximum atomic E-state index is 14.4. The first-order valence-electron chi connectivity index (χ1n) is 11.5. The molecular weight excluding hydrogens is 490 g/mol. The van der Waals surface area contributed by atoms with Crippen LogP contribution >= 0.6 is 11.6 Å². The minimum Gasteiger partial charge on any atom is -0.482 e. The smallest absolute Gasteiger partial charge is 0.248 e. The second kappa shape index (κ2) is 11.2. The van der Waals surface area contributed by atoms with E-state index in [1.807, 2.05) is 0 Å². The number of nitrogens with zero attached hydrogens (tertiary/aromatic N) is 2. The average Bonchev–Trinajstić information content (AvgIpc) is 2.87. The van der Waals surface area contributed by atoms with Crippen LogP contribution in [0, 0.1) is 11.6 Å². The topological polar surface area (TPSA) is 104 Å². The molecule has 1 unspecified atom stereocenters. The molecule has 0 spiro atoms. The molecule has 190 valence electrons. The Labute approximate surface area is 213 Å². The summed E-state index contributed by atoms with van der Waals surface area (Å²) < 4.78 is 39.6. The molecule has 4 rings (SSSR count). The number of morpholine rings is 1. The van der Waals surface area contributed by atoms with Gasteiger partial charge in [0.15, 0.2) is 11.6 Å². The lowest BCUT2D eigenvalue weighted by atomic mass is 9.96. The second-order valence-corrected chi connectivity index (χ2v) is 8.94. The molecule has 7 nitrogen and oxygen atoms in total. The van der Waals surface area contributed by atoms with E-state index in [2.05, 4.69) is 9.88 Å². The third-order valence-corrected chi connectivity index (χ3v) is 6.56. The van der Waals surface area contributed by atoms with Gasteiger partial charge in [0.05, 0.1) is 18.2 Å². The molecule has 1 aromatic heterocycles. The quantitative estimate of drug-likeness (QED) is 0.431. The summed E-state index contributed by atoms with van der Waals surface area (Å²) in [7, 11) is 0. The Bertz CT molecular complexity index is 1270. The van der Waals surface area contributed by atoms with E-state index in [0.29, 0.717) is 30.8 Å². The van der Waals surface area contributed by atoms with Crippen molar-refractivity contribution < 1.29 is 23.0 Å². The summed E-state index contributed by atoms with van der Waals surface area (Å²) in [6, 6.07) is 8.87. The molecule has 1 saturated heterocycles. The predicted molar refractivity (Wildman–Crippen MR) is 134 cm³/mol. The van der Waals surface area contributed by atoms with Crippen LogP contribution in [0.4, 0.5) is 14.6 Å². The van der Waals surface area contributed by atoms with Gasteiger partial charge in [-0.2, -0.15) is 0 Å². The van der Waals surface area contributed by atoms with Gasteiger partial charge < -0.3 is 20.9 Å². The number of benzene rings is 2. The first-order chi connectivity index (χ1) is 17.2. The number of halogens is 3. The number of ether oxygens (including phenoxy) is 2. The van der Waals surface area contributed by atoms with Crippen molar-refractivity contribution in [2.24, 2.45) is 5.73 Å². The molecule has 1 aliphatic rings. The van der Waals surface area contributed by atoms with Gasteiger partial charge in [-0.1, -0.05) is 17.7 Å². The Balaban J connectivity index is 1.64. The summed E-state index contributed by atoms with van der Waals surface area (Å²) in [5.74, 6) is -1.68. The number of amides is 1. The van der Waals surface area contributed by atoms with E-state index in [1.165, 1.54) is 0 Å². The number of carbonyl (C=O) groups excluding carboxylic acids is 1. The van der Waals surface area contributed by atoms with Crippen LogP contribution in [0.3, 0.4) is 0 Å². The van der Waals surface area contributed by atoms with Crippen LogP contribution in [-0.2, 0) is 11.2 Å². The van der Waals surface area contributed by atoms with Crippen LogP contribution in [0.25, 0.3) is 11.1 Å². The highest BCUT2D eigenvalue weighted by molar-refractivity contribution is 6.31. The monoisotopic (exact) mass is 516 g/mol. The molecule has 1 aliphatic heterocycles. The molecule has 3 aromatic rings. The number of aromatic nitrogens is 1. The Kier molecular flexibility index (Phi) is 8.03. The van der Waals surface area contributed by atoms with Gasteiger partial charge in [-0.15, -0.1) is 0 Å². The van der Waals surface area contributed by atoms with E-state index in [0.717, 1.165) is 42.9 Å². The average molecular weight is 517 g/mol. The Morgan fingerprint density at radius 2 is 1.92 bits per heavy atom. The summed E-state index contributed by atoms with van der Waals surface area (Å²) in [5, 5.41) is -0.349. The summed E-state index contributed by atoms with van der Waals surface area (Å²) in [6.45, 7) is 5.37. The number of anilines is 1. The lowest BCUT2D eigenvalue weighted by Crippen LogP contribution is -2.37. The zero-order chi connectivity index (χ0) is 25.8. The van der Waals surface area contributed by atoms with Crippen molar-refractivity contribution in [2.45, 2.75) is 19.4 Å². The normalized spacial score (nSPS) is 15.0. The fourth-order valence-electron chi connectivity index (χ4n) is 4.20. The SMILES string of the molecule is CC(Oc1cc(-c2ccc(C(N)=O)cc2CCN2CCOCC2)cnc1N)c1c(F)ccc(F)c1Cl. The van der Waals surface area contributed by atoms with Crippen molar-refractivity contribution in [3.8, 4) is 16.9 Å². The number of nitrogen functional groups attached to an aromatic ring is 1. The lowest BCUT2D eigenvalue weighted by Gasteiger charge is -2.27. The molecule has 1 fully saturated rings. The van der Waals surface area contributed by atoms with E-state index in [-0.39, 0.29) is 22.2 Å². The third kappa shape index (κ3) is 5.75. The number of hydrogen-bond donors (Lipinski definition) is 2. The molecule has 2 heterocycles. The number of primary amides is 1. The predicted octanol–water partition coefficient (Wildman–Crippen LogP) is 4.38. The van der Waals surface area contributed by atoms with Gasteiger partial charge in [0, 0.05) is 42.5 Å². The number of nitrogens with two attached hydrogens (primary N) is 2. The van der Waals surface area contributed by atoms with E-state index < -0.39 is 23.6 Å². The molecule has 0 bridgehead atoms. The Morgan fingerprint density at radius 1 is 1.19 bits per heavy atom. The number of carbonyl (C=O) groups is 1. The van der Waals surface area contributed by atoms with Gasteiger partial charge in [-0.05, 0) is 54.8 Å². The van der Waals surface area contributed by atoms with Crippen LogP contribution < -0.4 is 16.2 Å². The molecule has 1 atom stereocenters. The Hall–Kier alpha value is -3.27. The zero-order valence-electron chi connectivity index (χ0n) is 19.8. The van der Waals surface area contributed by atoms with Crippen LogP contribution in [-0.4, -0.2) is 48.6 Å². The molecule has 10 heteroatoms. The van der Waals surface area contributed by atoms with Gasteiger partial charge in [-0.25, -0.2) is 13.8 Å². The van der Waals surface area contributed by atoms with Crippen molar-refractivity contribution in [3.63, 3.8) is 0 Å². The minimum atomic E-state index is -0.939. The van der Waals surface area contributed by atoms with Gasteiger partial charge in [-0.3, -0.25) is 9.69 Å². The van der Waals surface area contributed by atoms with Gasteiger partial charge in [0.1, 0.15) is 17.7 Å². The molecule has 0 saturated carbocycles. The highest BCUT2D eigenvalue weighted by Crippen LogP contribution is 2.35. The molecule has 1 amide bonds. The summed E-state index contributed by atoms with van der Waals surface area (Å²) >= 11 is 6.00. The fourth-order valence-corrected chi connectivity index (χ4v) is 4.51. The number of pyridine rings is 1. The van der Waals surface area contributed by atoms with Crippen LogP contribution in [0.2, 0.25) is 5.02 Å². The standard InChI is InChI=1S/C26H27ClF2N4O3/c1-15(23-20(28)4-5-21(29)24(23)27)36-22-13-18(14-32-25(22)30)19-3-2-17(26(31)34)12-16(19)6-7-33-8-10-35-11-9-33/h2-5,12-15H,6-11H2,1H3,(H2,30,32)(H2,31,34). The molecule has 0 radical (unpaired) electrons. The maximum Gasteiger partial charge on any atom is 0.248 e. The fraction of sp³-hybridized carbons (Fsp3) is 0.308. The van der Waals surface area contributed by atoms with E-state index in [4.69, 9.17) is 32.5 Å². The van der Waals surface area contributed by atoms with Gasteiger partial charge in [0.2, 0.25) is 5.91 Å². The first kappa shape index (κ1) is 25.8. The molecule has 4 N–H and O–H groups in total. The highest BCUT2D eigenvalue weighted by Gasteiger charge is 2.21. The second-order valence-electron chi connectivity index (χ2n) is 8.56. The maximum absolute atomic E-state index is 14.4. The van der Waals surface area contributed by atoms with Crippen molar-refractivity contribution in [1.82, 2.24) is 9.88 Å². The van der Waals surface area contributed by atoms with Crippen molar-refractivity contribution in [1.29, 1.82) is 0 Å². The summed E-state index contributed by atoms with van der Waals surface area (Å²) in [4.78, 5) is 18.4. The third-order valence-electron chi connectivity index (χ3n) is 6.17. The molecule has 0 aliphatic carbocycles. The number of rotatable bonds is 8. The molecule has 2 aromatic carbocycles. The van der Waals surface area contributed by atoms with E-state index >= 15 is 0 Å². The lowest BCUT2D eigenvalue weighted by molar-refractivity contribution is 0.0384. The minimum absolute atomic E-state index is 0.0853. The van der Waals surface area contributed by atoms with Crippen LogP contribution in [0.15, 0.2) is 42.6 Å². The largest absolute Gasteiger partial charge is 0.482 e. The Morgan fingerprint density at radius 3 is 2.64 bits per heavy atom. The summed E-state index contributed by atoms with van der Waals surface area (Å²) in [5.41, 5.74) is 14.3. The first-order valence-corrected chi connectivity index (χ1v) is 11.9. The van der Waals surface area contributed by atoms with E-state index in [9.17, 15) is 13.6 Å². The van der Waals surface area contributed by atoms with Crippen LogP contribution in [0.5, 0.6) is 5.75 Å². The van der Waals surface area contributed by atoms with Gasteiger partial charge >= 0.3 is 0 Å².